The topological polar surface area (TPSA) is 9.23 Å². The van der Waals surface area contributed by atoms with Gasteiger partial charge in [-0.3, -0.25) is 0 Å². The van der Waals surface area contributed by atoms with Crippen molar-refractivity contribution in [2.24, 2.45) is 0 Å². The number of para-hydroxylation sites is 1. The highest BCUT2D eigenvalue weighted by Crippen LogP contribution is 2.42. The Bertz CT molecular complexity index is 700. The summed E-state index contributed by atoms with van der Waals surface area (Å²) in [6.07, 6.45) is 2.57. The van der Waals surface area contributed by atoms with Gasteiger partial charge in [-0.2, -0.15) is 0 Å². The van der Waals surface area contributed by atoms with Gasteiger partial charge in [0, 0.05) is 11.1 Å². The van der Waals surface area contributed by atoms with Gasteiger partial charge < -0.3 is 4.74 Å². The number of ether oxygens (including phenoxy) is 1. The van der Waals surface area contributed by atoms with Gasteiger partial charge >= 0.3 is 0 Å². The molecule has 2 aromatic rings. The van der Waals surface area contributed by atoms with Crippen LogP contribution in [0.5, 0.6) is 5.75 Å². The summed E-state index contributed by atoms with van der Waals surface area (Å²) in [5, 5.41) is 0. The summed E-state index contributed by atoms with van der Waals surface area (Å²) >= 11 is 0. The van der Waals surface area contributed by atoms with E-state index in [1.165, 1.54) is 35.6 Å². The van der Waals surface area contributed by atoms with E-state index in [9.17, 15) is 0 Å². The van der Waals surface area contributed by atoms with Gasteiger partial charge in [-0.05, 0) is 11.6 Å². The zero-order valence-electron chi connectivity index (χ0n) is 13.7. The van der Waals surface area contributed by atoms with Gasteiger partial charge in [0.15, 0.2) is 0 Å². The van der Waals surface area contributed by atoms with Crippen LogP contribution in [-0.4, -0.2) is 8.07 Å². The highest BCUT2D eigenvalue weighted by Gasteiger charge is 2.25. The van der Waals surface area contributed by atoms with Crippen molar-refractivity contribution in [1.82, 2.24) is 0 Å². The number of hydrogen-bond acceptors (Lipinski definition) is 1. The number of unbranched alkanes of at least 4 members (excludes halogenated alkanes) is 1. The molecule has 0 amide bonds. The predicted octanol–water partition coefficient (Wildman–Crippen LogP) is 6.13. The maximum Gasteiger partial charge on any atom is 0.135 e. The number of rotatable bonds is 4. The van der Waals surface area contributed by atoms with Crippen molar-refractivity contribution in [3.05, 3.63) is 59.8 Å². The smallest absolute Gasteiger partial charge is 0.135 e. The van der Waals surface area contributed by atoms with Crippen molar-refractivity contribution in [3.8, 4) is 16.9 Å². The third-order valence-corrected chi connectivity index (χ3v) is 6.97. The van der Waals surface area contributed by atoms with Gasteiger partial charge in [0.1, 0.15) is 11.5 Å². The molecule has 2 heteroatoms. The van der Waals surface area contributed by atoms with E-state index in [1.807, 2.05) is 6.07 Å². The van der Waals surface area contributed by atoms with E-state index in [2.05, 4.69) is 68.2 Å². The van der Waals surface area contributed by atoms with Crippen LogP contribution in [0.1, 0.15) is 25.3 Å². The quantitative estimate of drug-likeness (QED) is 0.617. The molecule has 0 bridgehead atoms. The lowest BCUT2D eigenvalue weighted by atomic mass is 9.96. The van der Waals surface area contributed by atoms with Crippen LogP contribution in [0.4, 0.5) is 0 Å². The van der Waals surface area contributed by atoms with E-state index in [-0.39, 0.29) is 0 Å². The lowest BCUT2D eigenvalue weighted by Crippen LogP contribution is -2.24. The zero-order chi connectivity index (χ0) is 15.6. The average Bonchev–Trinajstić information content (AvgIpc) is 2.53. The van der Waals surface area contributed by atoms with E-state index in [4.69, 9.17) is 4.74 Å². The summed E-state index contributed by atoms with van der Waals surface area (Å²) in [7, 11) is -1.39. The molecule has 0 fully saturated rings. The van der Waals surface area contributed by atoms with Crippen molar-refractivity contribution in [2.75, 3.05) is 0 Å². The second-order valence-corrected chi connectivity index (χ2v) is 11.5. The largest absolute Gasteiger partial charge is 0.457 e. The molecule has 0 saturated heterocycles. The van der Waals surface area contributed by atoms with Gasteiger partial charge in [0.2, 0.25) is 0 Å². The Balaban J connectivity index is 2.05. The molecular weight excluding hydrogens is 284 g/mol. The summed E-state index contributed by atoms with van der Waals surface area (Å²) in [5.41, 5.74) is 6.16. The Morgan fingerprint density at radius 3 is 2.27 bits per heavy atom. The Kier molecular flexibility index (Phi) is 4.21. The molecule has 0 atom stereocenters. The van der Waals surface area contributed by atoms with Crippen LogP contribution in [0.25, 0.3) is 16.9 Å². The first-order valence-corrected chi connectivity index (χ1v) is 11.5. The van der Waals surface area contributed by atoms with Crippen LogP contribution in [-0.2, 0) is 0 Å². The van der Waals surface area contributed by atoms with Crippen molar-refractivity contribution in [3.63, 3.8) is 0 Å². The minimum absolute atomic E-state index is 0.979. The van der Waals surface area contributed by atoms with Crippen LogP contribution in [0.2, 0.25) is 19.1 Å². The fourth-order valence-electron chi connectivity index (χ4n) is 3.05. The van der Waals surface area contributed by atoms with E-state index >= 15 is 0 Å². The summed E-state index contributed by atoms with van der Waals surface area (Å²) in [6.45, 7) is 7.13. The molecule has 2 aromatic carbocycles. The fraction of sp³-hybridized carbons (Fsp3) is 0.300. The fourth-order valence-corrected chi connectivity index (χ4v) is 5.38. The van der Waals surface area contributed by atoms with E-state index < -0.39 is 8.07 Å². The highest BCUT2D eigenvalue weighted by atomic mass is 28.3. The molecule has 0 aliphatic carbocycles. The van der Waals surface area contributed by atoms with Gasteiger partial charge in [0.05, 0.1) is 8.07 Å². The summed E-state index contributed by atoms with van der Waals surface area (Å²) in [4.78, 5) is 0. The molecule has 3 rings (SSSR count). The number of benzene rings is 2. The molecular formula is C20H24OSi. The average molecular weight is 308 g/mol. The van der Waals surface area contributed by atoms with Gasteiger partial charge in [-0.1, -0.05) is 87.1 Å². The van der Waals surface area contributed by atoms with Crippen LogP contribution in [0, 0.1) is 0 Å². The SMILES string of the molecule is CCCC[Si](C)(C)/C=C1/Oc2ccccc2-c2ccccc21. The first-order valence-electron chi connectivity index (χ1n) is 8.20. The number of fused-ring (bicyclic) bond motifs is 3. The minimum atomic E-state index is -1.39. The maximum absolute atomic E-state index is 6.27. The Morgan fingerprint density at radius 2 is 1.55 bits per heavy atom. The second kappa shape index (κ2) is 6.13. The van der Waals surface area contributed by atoms with Crippen molar-refractivity contribution < 1.29 is 4.74 Å². The molecule has 22 heavy (non-hydrogen) atoms. The summed E-state index contributed by atoms with van der Waals surface area (Å²) in [5.74, 6) is 2.04. The van der Waals surface area contributed by atoms with Crippen LogP contribution >= 0.6 is 0 Å². The summed E-state index contributed by atoms with van der Waals surface area (Å²) in [6, 6.07) is 18.2. The molecule has 0 spiro atoms. The maximum atomic E-state index is 6.27. The van der Waals surface area contributed by atoms with Crippen LogP contribution in [0.3, 0.4) is 0 Å². The molecule has 1 aliphatic rings. The highest BCUT2D eigenvalue weighted by molar-refractivity contribution is 6.82. The Hall–Kier alpha value is -1.80. The van der Waals surface area contributed by atoms with Gasteiger partial charge in [0.25, 0.3) is 0 Å². The Morgan fingerprint density at radius 1 is 0.909 bits per heavy atom. The third kappa shape index (κ3) is 3.02. The van der Waals surface area contributed by atoms with Crippen molar-refractivity contribution >= 4 is 13.8 Å². The molecule has 0 N–H and O–H groups in total. The Labute approximate surface area is 134 Å². The number of hydrogen-bond donors (Lipinski definition) is 0. The van der Waals surface area contributed by atoms with E-state index in [1.54, 1.807) is 0 Å². The molecule has 0 saturated carbocycles. The first-order chi connectivity index (χ1) is 10.6. The van der Waals surface area contributed by atoms with E-state index in [0.29, 0.717) is 0 Å². The lowest BCUT2D eigenvalue weighted by Gasteiger charge is -2.26. The predicted molar refractivity (Wildman–Crippen MR) is 97.7 cm³/mol. The van der Waals surface area contributed by atoms with Gasteiger partial charge in [-0.25, -0.2) is 0 Å². The first kappa shape index (κ1) is 15.1. The van der Waals surface area contributed by atoms with Crippen LogP contribution < -0.4 is 4.74 Å². The van der Waals surface area contributed by atoms with Crippen molar-refractivity contribution in [1.29, 1.82) is 0 Å². The third-order valence-electron chi connectivity index (χ3n) is 4.29. The zero-order valence-corrected chi connectivity index (χ0v) is 14.7. The normalized spacial score (nSPS) is 15.1. The standard InChI is InChI=1S/C20H24OSi/c1-4-5-14-22(2,3)15-20-18-12-7-6-10-16(18)17-11-8-9-13-19(17)21-20/h6-13,15H,4-5,14H2,1-3H3/b20-15+. The molecule has 1 nitrogen and oxygen atoms in total. The lowest BCUT2D eigenvalue weighted by molar-refractivity contribution is 0.512. The van der Waals surface area contributed by atoms with Crippen molar-refractivity contribution in [2.45, 2.75) is 38.9 Å². The molecule has 0 aromatic heterocycles. The molecule has 0 unspecified atom stereocenters. The second-order valence-electron chi connectivity index (χ2n) is 6.74. The molecule has 1 aliphatic heterocycles. The van der Waals surface area contributed by atoms with E-state index in [0.717, 1.165) is 11.5 Å². The van der Waals surface area contributed by atoms with Crippen LogP contribution in [0.15, 0.2) is 54.2 Å². The monoisotopic (exact) mass is 308 g/mol. The molecule has 1 heterocycles. The van der Waals surface area contributed by atoms with Gasteiger partial charge in [-0.15, -0.1) is 0 Å². The molecule has 0 radical (unpaired) electrons. The minimum Gasteiger partial charge on any atom is -0.457 e. The summed E-state index contributed by atoms with van der Waals surface area (Å²) < 4.78 is 6.27. The molecule has 114 valence electrons.